The topological polar surface area (TPSA) is 75.7 Å². The fourth-order valence-electron chi connectivity index (χ4n) is 2.04. The smallest absolute Gasteiger partial charge is 0.306 e. The Kier molecular flexibility index (Phi) is 7.28. The Morgan fingerprint density at radius 1 is 1.19 bits per heavy atom. The molecule has 26 heavy (non-hydrogen) atoms. The van der Waals surface area contributed by atoms with Crippen LogP contribution in [0.5, 0.6) is 0 Å². The highest BCUT2D eigenvalue weighted by Gasteiger charge is 2.15. The van der Waals surface area contributed by atoms with Gasteiger partial charge in [-0.15, -0.1) is 0 Å². The van der Waals surface area contributed by atoms with Crippen molar-refractivity contribution in [3.8, 4) is 0 Å². The molecule has 0 aliphatic rings. The van der Waals surface area contributed by atoms with Gasteiger partial charge in [-0.05, 0) is 53.1 Å². The summed E-state index contributed by atoms with van der Waals surface area (Å²) in [5.41, 5.74) is 1.48. The molecule has 0 radical (unpaired) electrons. The van der Waals surface area contributed by atoms with Crippen LogP contribution in [0.25, 0.3) is 0 Å². The Balaban J connectivity index is 1.68. The summed E-state index contributed by atoms with van der Waals surface area (Å²) in [4.78, 5) is 36.6. The van der Waals surface area contributed by atoms with Crippen molar-refractivity contribution in [2.75, 3.05) is 25.5 Å². The van der Waals surface area contributed by atoms with Crippen LogP contribution in [-0.4, -0.2) is 42.9 Å². The first kappa shape index (κ1) is 19.6. The molecule has 6 nitrogen and oxygen atoms in total. The fraction of sp³-hybridized carbons (Fsp3) is 0.278. The Bertz CT molecular complexity index is 747. The van der Waals surface area contributed by atoms with Crippen LogP contribution in [0.3, 0.4) is 0 Å². The van der Waals surface area contributed by atoms with Crippen molar-refractivity contribution in [3.05, 3.63) is 52.5 Å². The summed E-state index contributed by atoms with van der Waals surface area (Å²) < 4.78 is 17.8. The molecule has 1 N–H and O–H groups in total. The molecule has 2 rings (SSSR count). The molecular weight excluding hydrogens is 359 g/mol. The number of amides is 2. The first-order chi connectivity index (χ1) is 12.4. The highest BCUT2D eigenvalue weighted by molar-refractivity contribution is 7.07. The molecular formula is C18H19FN2O4S. The van der Waals surface area contributed by atoms with Gasteiger partial charge in [0.05, 0.1) is 6.54 Å². The molecule has 0 atom stereocenters. The molecule has 0 saturated heterocycles. The largest absolute Gasteiger partial charge is 0.456 e. The van der Waals surface area contributed by atoms with Crippen LogP contribution in [0.4, 0.5) is 10.1 Å². The fourth-order valence-corrected chi connectivity index (χ4v) is 2.75. The van der Waals surface area contributed by atoms with E-state index < -0.39 is 30.2 Å². The Morgan fingerprint density at radius 2 is 1.92 bits per heavy atom. The van der Waals surface area contributed by atoms with Crippen LogP contribution < -0.4 is 5.32 Å². The second-order valence-corrected chi connectivity index (χ2v) is 6.38. The molecule has 0 bridgehead atoms. The van der Waals surface area contributed by atoms with Gasteiger partial charge < -0.3 is 15.0 Å². The lowest BCUT2D eigenvalue weighted by Crippen LogP contribution is -2.37. The third-order valence-corrected chi connectivity index (χ3v) is 4.22. The quantitative estimate of drug-likeness (QED) is 0.716. The summed E-state index contributed by atoms with van der Waals surface area (Å²) in [6.45, 7) is -0.620. The molecule has 0 aliphatic carbocycles. The van der Waals surface area contributed by atoms with Crippen LogP contribution >= 0.6 is 11.3 Å². The predicted molar refractivity (Wildman–Crippen MR) is 96.3 cm³/mol. The first-order valence-electron chi connectivity index (χ1n) is 7.90. The number of hydrogen-bond acceptors (Lipinski definition) is 5. The third kappa shape index (κ3) is 6.64. The maximum Gasteiger partial charge on any atom is 0.306 e. The zero-order chi connectivity index (χ0) is 18.9. The van der Waals surface area contributed by atoms with E-state index in [1.165, 1.54) is 31.3 Å². The maximum absolute atomic E-state index is 12.8. The van der Waals surface area contributed by atoms with E-state index in [0.717, 1.165) is 10.5 Å². The Hall–Kier alpha value is -2.74. The number of esters is 1. The van der Waals surface area contributed by atoms with E-state index >= 15 is 0 Å². The van der Waals surface area contributed by atoms with E-state index in [1.807, 2.05) is 16.8 Å². The van der Waals surface area contributed by atoms with Gasteiger partial charge in [-0.1, -0.05) is 0 Å². The lowest BCUT2D eigenvalue weighted by atomic mass is 10.2. The van der Waals surface area contributed by atoms with Gasteiger partial charge in [-0.3, -0.25) is 14.4 Å². The zero-order valence-corrected chi connectivity index (χ0v) is 15.1. The summed E-state index contributed by atoms with van der Waals surface area (Å²) in [6, 6.07) is 7.21. The van der Waals surface area contributed by atoms with Crippen LogP contribution in [-0.2, 0) is 25.5 Å². The number of nitrogens with zero attached hydrogens (tertiary/aromatic N) is 1. The molecule has 1 aromatic carbocycles. The minimum absolute atomic E-state index is 0.193. The van der Waals surface area contributed by atoms with Crippen LogP contribution in [0.1, 0.15) is 12.0 Å². The van der Waals surface area contributed by atoms with E-state index in [0.29, 0.717) is 12.1 Å². The number of carbonyl (C=O) groups excluding carboxylic acids is 3. The van der Waals surface area contributed by atoms with Gasteiger partial charge in [-0.2, -0.15) is 11.3 Å². The molecule has 1 heterocycles. The van der Waals surface area contributed by atoms with Gasteiger partial charge in [0.15, 0.2) is 6.61 Å². The number of aryl methyl sites for hydroxylation is 1. The molecule has 1 aromatic heterocycles. The average Bonchev–Trinajstić information content (AvgIpc) is 3.13. The SMILES string of the molecule is CN(CC(=O)Nc1ccc(F)cc1)C(=O)COC(=O)CCc1ccsc1. The second-order valence-electron chi connectivity index (χ2n) is 5.60. The molecule has 138 valence electrons. The number of hydrogen-bond donors (Lipinski definition) is 1. The van der Waals surface area contributed by atoms with Crippen molar-refractivity contribution >= 4 is 34.8 Å². The molecule has 0 aliphatic heterocycles. The van der Waals surface area contributed by atoms with Crippen LogP contribution in [0.15, 0.2) is 41.1 Å². The van der Waals surface area contributed by atoms with E-state index in [-0.39, 0.29) is 13.0 Å². The molecule has 2 amide bonds. The highest BCUT2D eigenvalue weighted by atomic mass is 32.1. The first-order valence-corrected chi connectivity index (χ1v) is 8.84. The number of rotatable bonds is 8. The number of halogens is 1. The van der Waals surface area contributed by atoms with E-state index in [1.54, 1.807) is 11.3 Å². The van der Waals surface area contributed by atoms with Gasteiger partial charge in [0, 0.05) is 19.2 Å². The van der Waals surface area contributed by atoms with Gasteiger partial charge in [-0.25, -0.2) is 4.39 Å². The minimum atomic E-state index is -0.483. The summed E-state index contributed by atoms with van der Waals surface area (Å²) in [6.07, 6.45) is 0.755. The predicted octanol–water partition coefficient (Wildman–Crippen LogP) is 2.46. The molecule has 0 spiro atoms. The van der Waals surface area contributed by atoms with E-state index in [9.17, 15) is 18.8 Å². The zero-order valence-electron chi connectivity index (χ0n) is 14.2. The molecule has 0 saturated carbocycles. The standard InChI is InChI=1S/C18H19FN2O4S/c1-21(10-16(22)20-15-5-3-14(19)4-6-15)17(23)11-25-18(24)7-2-13-8-9-26-12-13/h3-6,8-9,12H,2,7,10-11H2,1H3,(H,20,22). The Morgan fingerprint density at radius 3 is 2.58 bits per heavy atom. The monoisotopic (exact) mass is 378 g/mol. The van der Waals surface area contributed by atoms with Crippen molar-refractivity contribution < 1.29 is 23.5 Å². The van der Waals surface area contributed by atoms with Gasteiger partial charge in [0.25, 0.3) is 5.91 Å². The van der Waals surface area contributed by atoms with Gasteiger partial charge in [0.2, 0.25) is 5.91 Å². The van der Waals surface area contributed by atoms with Gasteiger partial charge in [0.1, 0.15) is 5.82 Å². The van der Waals surface area contributed by atoms with Crippen LogP contribution in [0, 0.1) is 5.82 Å². The number of ether oxygens (including phenoxy) is 1. The average molecular weight is 378 g/mol. The lowest BCUT2D eigenvalue weighted by Gasteiger charge is -2.16. The van der Waals surface area contributed by atoms with Crippen LogP contribution in [0.2, 0.25) is 0 Å². The van der Waals surface area contributed by atoms with Crippen molar-refractivity contribution in [1.29, 1.82) is 0 Å². The normalized spacial score (nSPS) is 10.2. The summed E-state index contributed by atoms with van der Waals surface area (Å²) in [5.74, 6) is -1.79. The number of carbonyl (C=O) groups is 3. The number of likely N-dealkylation sites (N-methyl/N-ethyl adjacent to an activating group) is 1. The molecule has 0 fully saturated rings. The summed E-state index contributed by atoms with van der Waals surface area (Å²) in [5, 5.41) is 6.43. The summed E-state index contributed by atoms with van der Waals surface area (Å²) >= 11 is 1.55. The van der Waals surface area contributed by atoms with Gasteiger partial charge >= 0.3 is 5.97 Å². The van der Waals surface area contributed by atoms with Crippen molar-refractivity contribution in [2.45, 2.75) is 12.8 Å². The number of thiophene rings is 1. The van der Waals surface area contributed by atoms with Crippen molar-refractivity contribution in [1.82, 2.24) is 4.90 Å². The number of benzene rings is 1. The molecule has 0 unspecified atom stereocenters. The maximum atomic E-state index is 12.8. The molecule has 2 aromatic rings. The molecule has 8 heteroatoms. The highest BCUT2D eigenvalue weighted by Crippen LogP contribution is 2.09. The number of nitrogens with one attached hydrogen (secondary N) is 1. The van der Waals surface area contributed by atoms with Crippen molar-refractivity contribution in [2.24, 2.45) is 0 Å². The van der Waals surface area contributed by atoms with E-state index in [2.05, 4.69) is 5.32 Å². The second kappa shape index (κ2) is 9.67. The van der Waals surface area contributed by atoms with E-state index in [4.69, 9.17) is 4.74 Å². The minimum Gasteiger partial charge on any atom is -0.456 e. The van der Waals surface area contributed by atoms with Crippen molar-refractivity contribution in [3.63, 3.8) is 0 Å². The lowest BCUT2D eigenvalue weighted by molar-refractivity contribution is -0.151. The summed E-state index contributed by atoms with van der Waals surface area (Å²) in [7, 11) is 1.44. The Labute approximate surface area is 154 Å². The third-order valence-electron chi connectivity index (χ3n) is 3.49. The number of anilines is 1.